The lowest BCUT2D eigenvalue weighted by Crippen LogP contribution is -2.64. The summed E-state index contributed by atoms with van der Waals surface area (Å²) in [7, 11) is 3.41. The molecule has 0 aliphatic carbocycles. The summed E-state index contributed by atoms with van der Waals surface area (Å²) in [5.41, 5.74) is 5.79. The Bertz CT molecular complexity index is 1540. The molecule has 40 heavy (non-hydrogen) atoms. The molecule has 3 aliphatic rings. The van der Waals surface area contributed by atoms with Gasteiger partial charge in [0.25, 0.3) is 0 Å². The lowest BCUT2D eigenvalue weighted by molar-refractivity contribution is -0.160. The number of carbonyl (C=O) groups excluding carboxylic acids is 2. The number of fused-ring (bicyclic) bond motifs is 2. The van der Waals surface area contributed by atoms with Gasteiger partial charge in [-0.1, -0.05) is 72.8 Å². The molecule has 4 aromatic carbocycles. The molecule has 1 fully saturated rings. The predicted octanol–water partition coefficient (Wildman–Crippen LogP) is 5.28. The zero-order chi connectivity index (χ0) is 27.6. The van der Waals surface area contributed by atoms with Gasteiger partial charge in [-0.3, -0.25) is 9.59 Å². The summed E-state index contributed by atoms with van der Waals surface area (Å²) in [5, 5.41) is 0. The Morgan fingerprint density at radius 1 is 0.700 bits per heavy atom. The van der Waals surface area contributed by atoms with Crippen molar-refractivity contribution < 1.29 is 19.1 Å². The van der Waals surface area contributed by atoms with E-state index in [1.54, 1.807) is 24.0 Å². The Morgan fingerprint density at radius 3 is 1.93 bits per heavy atom. The number of hydrogen-bond donors (Lipinski definition) is 0. The van der Waals surface area contributed by atoms with Crippen molar-refractivity contribution in [3.63, 3.8) is 0 Å². The van der Waals surface area contributed by atoms with E-state index in [1.807, 2.05) is 84.9 Å². The molecule has 7 rings (SSSR count). The molecule has 0 unspecified atom stereocenters. The highest BCUT2D eigenvalue weighted by atomic mass is 16.5. The van der Waals surface area contributed by atoms with Crippen LogP contribution in [0.2, 0.25) is 0 Å². The normalized spacial score (nSPS) is 18.2. The number of rotatable bonds is 6. The van der Waals surface area contributed by atoms with E-state index < -0.39 is 12.1 Å². The van der Waals surface area contributed by atoms with Gasteiger partial charge in [-0.15, -0.1) is 0 Å². The van der Waals surface area contributed by atoms with Crippen molar-refractivity contribution in [1.82, 2.24) is 9.80 Å². The Morgan fingerprint density at radius 2 is 1.27 bits per heavy atom. The van der Waals surface area contributed by atoms with Crippen LogP contribution in [0.15, 0.2) is 97.1 Å². The number of carbonyl (C=O) groups is 2. The van der Waals surface area contributed by atoms with E-state index in [1.165, 1.54) is 0 Å². The highest BCUT2D eigenvalue weighted by Gasteiger charge is 2.44. The summed E-state index contributed by atoms with van der Waals surface area (Å²) in [4.78, 5) is 31.2. The Labute approximate surface area is 234 Å². The molecule has 2 atom stereocenters. The van der Waals surface area contributed by atoms with Crippen molar-refractivity contribution in [3.05, 3.63) is 119 Å². The van der Waals surface area contributed by atoms with Crippen LogP contribution in [0.3, 0.4) is 0 Å². The number of methoxy groups -OCH3 is 1. The summed E-state index contributed by atoms with van der Waals surface area (Å²) < 4.78 is 12.1. The van der Waals surface area contributed by atoms with Gasteiger partial charge in [0.2, 0.25) is 11.8 Å². The molecule has 0 N–H and O–H groups in total. The lowest BCUT2D eigenvalue weighted by Gasteiger charge is -2.44. The molecule has 202 valence electrons. The number of likely N-dealkylation sites (N-methyl/N-ethyl adjacent to an activating group) is 1. The van der Waals surface area contributed by atoms with Crippen LogP contribution in [-0.2, 0) is 35.6 Å². The van der Waals surface area contributed by atoms with Gasteiger partial charge in [-0.2, -0.15) is 0 Å². The molecule has 0 saturated carbocycles. The monoisotopic (exact) mass is 532 g/mol. The molecule has 3 heterocycles. The van der Waals surface area contributed by atoms with Gasteiger partial charge < -0.3 is 19.3 Å². The maximum Gasteiger partial charge on any atom is 0.246 e. The fourth-order valence-electron chi connectivity index (χ4n) is 5.74. The minimum Gasteiger partial charge on any atom is -0.496 e. The van der Waals surface area contributed by atoms with E-state index in [2.05, 4.69) is 12.1 Å². The average Bonchev–Trinajstić information content (AvgIpc) is 2.99. The molecule has 6 bridgehead atoms. The fraction of sp³-hybridized carbons (Fsp3) is 0.235. The first kappa shape index (κ1) is 25.7. The Balaban J connectivity index is 1.45. The van der Waals surface area contributed by atoms with Crippen LogP contribution < -0.4 is 9.47 Å². The fourth-order valence-corrected chi connectivity index (χ4v) is 5.74. The first-order valence-corrected chi connectivity index (χ1v) is 13.6. The minimum atomic E-state index is -0.599. The largest absolute Gasteiger partial charge is 0.496 e. The third-order valence-electron chi connectivity index (χ3n) is 7.93. The Kier molecular flexibility index (Phi) is 6.99. The third kappa shape index (κ3) is 4.93. The van der Waals surface area contributed by atoms with E-state index in [0.717, 1.165) is 44.9 Å². The van der Waals surface area contributed by atoms with Crippen molar-refractivity contribution in [3.8, 4) is 22.6 Å². The molecule has 4 aromatic rings. The quantitative estimate of drug-likeness (QED) is 0.339. The third-order valence-corrected chi connectivity index (χ3v) is 7.93. The summed E-state index contributed by atoms with van der Waals surface area (Å²) in [5.74, 6) is 1.40. The Hall–Kier alpha value is -4.58. The summed E-state index contributed by atoms with van der Waals surface area (Å²) >= 11 is 0. The number of piperazine rings is 1. The van der Waals surface area contributed by atoms with Crippen LogP contribution >= 0.6 is 0 Å². The second-order valence-corrected chi connectivity index (χ2v) is 10.5. The molecular weight excluding hydrogens is 500 g/mol. The maximum absolute atomic E-state index is 14.0. The van der Waals surface area contributed by atoms with E-state index in [4.69, 9.17) is 9.47 Å². The topological polar surface area (TPSA) is 59.1 Å². The van der Waals surface area contributed by atoms with E-state index >= 15 is 0 Å². The zero-order valence-electron chi connectivity index (χ0n) is 22.7. The van der Waals surface area contributed by atoms with Gasteiger partial charge in [0.05, 0.1) is 7.11 Å². The van der Waals surface area contributed by atoms with Crippen LogP contribution in [0.4, 0.5) is 0 Å². The highest BCUT2D eigenvalue weighted by molar-refractivity contribution is 5.97. The second-order valence-electron chi connectivity index (χ2n) is 10.5. The van der Waals surface area contributed by atoms with Gasteiger partial charge in [-0.05, 0) is 46.5 Å². The molecule has 6 nitrogen and oxygen atoms in total. The van der Waals surface area contributed by atoms with Crippen LogP contribution in [0.25, 0.3) is 11.1 Å². The van der Waals surface area contributed by atoms with Gasteiger partial charge in [0, 0.05) is 37.6 Å². The van der Waals surface area contributed by atoms with Crippen LogP contribution in [0.5, 0.6) is 11.5 Å². The molecule has 0 spiro atoms. The molecule has 6 heteroatoms. The van der Waals surface area contributed by atoms with E-state index in [9.17, 15) is 9.59 Å². The van der Waals surface area contributed by atoms with Crippen LogP contribution in [0.1, 0.15) is 22.3 Å². The van der Waals surface area contributed by atoms with E-state index in [-0.39, 0.29) is 11.8 Å². The van der Waals surface area contributed by atoms with Crippen molar-refractivity contribution in [2.75, 3.05) is 14.2 Å². The van der Waals surface area contributed by atoms with Gasteiger partial charge in [0.15, 0.2) is 0 Å². The number of hydrogen-bond acceptors (Lipinski definition) is 4. The van der Waals surface area contributed by atoms with Crippen LogP contribution in [0, 0.1) is 0 Å². The molecule has 1 saturated heterocycles. The molecule has 0 aromatic heterocycles. The lowest BCUT2D eigenvalue weighted by atomic mass is 9.90. The zero-order valence-corrected chi connectivity index (χ0v) is 22.7. The van der Waals surface area contributed by atoms with Crippen LogP contribution in [-0.4, -0.2) is 47.9 Å². The SMILES string of the molecule is COc1ccc2cc1-c1cc(ccc1OCc1ccccc1)C[C@H]1C(=O)N(C)[C@@H](C2)C(=O)N1Cc1ccccc1. The van der Waals surface area contributed by atoms with Gasteiger partial charge >= 0.3 is 0 Å². The van der Waals surface area contributed by atoms with Crippen molar-refractivity contribution in [1.29, 1.82) is 0 Å². The standard InChI is InChI=1S/C34H32N2O4/c1-35-29-19-25-13-15-31(39-2)27(17-25)28-18-26(14-16-32(28)40-22-24-11-7-4-8-12-24)20-30(33(35)37)36(34(29)38)21-23-9-5-3-6-10-23/h3-18,29-30H,19-22H2,1-2H3/t29-,30-/m0/s1. The predicted molar refractivity (Wildman–Crippen MR) is 154 cm³/mol. The van der Waals surface area contributed by atoms with E-state index in [0.29, 0.717) is 26.0 Å². The first-order chi connectivity index (χ1) is 19.5. The van der Waals surface area contributed by atoms with Crippen molar-refractivity contribution in [2.24, 2.45) is 0 Å². The number of benzene rings is 4. The van der Waals surface area contributed by atoms with Crippen molar-refractivity contribution >= 4 is 11.8 Å². The van der Waals surface area contributed by atoms with Gasteiger partial charge in [-0.25, -0.2) is 0 Å². The number of nitrogens with zero attached hydrogens (tertiary/aromatic N) is 2. The number of amides is 2. The maximum atomic E-state index is 14.0. The summed E-state index contributed by atoms with van der Waals surface area (Å²) in [6.07, 6.45) is 0.818. The molecule has 3 aliphatic heterocycles. The smallest absolute Gasteiger partial charge is 0.246 e. The summed E-state index contributed by atoms with van der Waals surface area (Å²) in [6, 6.07) is 30.8. The molecule has 2 amide bonds. The number of ether oxygens (including phenoxy) is 2. The first-order valence-electron chi connectivity index (χ1n) is 13.6. The highest BCUT2D eigenvalue weighted by Crippen LogP contribution is 2.40. The summed E-state index contributed by atoms with van der Waals surface area (Å²) in [6.45, 7) is 0.821. The minimum absolute atomic E-state index is 0.0306. The average molecular weight is 533 g/mol. The second kappa shape index (κ2) is 10.9. The van der Waals surface area contributed by atoms with Crippen molar-refractivity contribution in [2.45, 2.75) is 38.1 Å². The molecule has 0 radical (unpaired) electrons. The molecular formula is C34H32N2O4. The van der Waals surface area contributed by atoms with Gasteiger partial charge in [0.1, 0.15) is 30.2 Å².